The van der Waals surface area contributed by atoms with Gasteiger partial charge in [0.15, 0.2) is 10.8 Å². The van der Waals surface area contributed by atoms with Crippen LogP contribution in [0, 0.1) is 6.92 Å². The summed E-state index contributed by atoms with van der Waals surface area (Å²) in [6, 6.07) is 3.86. The zero-order chi connectivity index (χ0) is 12.8. The fourth-order valence-corrected chi connectivity index (χ4v) is 3.19. The first-order chi connectivity index (χ1) is 9.31. The molecule has 0 fully saturated rings. The Balaban J connectivity index is 1.89. The van der Waals surface area contributed by atoms with Crippen molar-refractivity contribution in [1.82, 2.24) is 25.0 Å². The van der Waals surface area contributed by atoms with Crippen molar-refractivity contribution in [3.8, 4) is 22.1 Å². The van der Waals surface area contributed by atoms with Crippen LogP contribution in [0.2, 0.25) is 0 Å². The Labute approximate surface area is 115 Å². The number of rotatable bonds is 2. The van der Waals surface area contributed by atoms with Crippen molar-refractivity contribution in [3.05, 3.63) is 28.7 Å². The molecule has 0 saturated heterocycles. The van der Waals surface area contributed by atoms with Gasteiger partial charge in [-0.2, -0.15) is 21.0 Å². The molecule has 0 aliphatic carbocycles. The van der Waals surface area contributed by atoms with Crippen LogP contribution in [0.25, 0.3) is 27.1 Å². The summed E-state index contributed by atoms with van der Waals surface area (Å²) in [5, 5.41) is 21.6. The molecule has 4 heterocycles. The van der Waals surface area contributed by atoms with Gasteiger partial charge in [0.1, 0.15) is 11.5 Å². The molecule has 0 saturated carbocycles. The summed E-state index contributed by atoms with van der Waals surface area (Å²) in [5.74, 6) is 1.51. The summed E-state index contributed by atoms with van der Waals surface area (Å²) in [5.41, 5.74) is 1.75. The molecule has 0 amide bonds. The van der Waals surface area contributed by atoms with E-state index in [4.69, 9.17) is 4.52 Å². The monoisotopic (exact) mass is 289 g/mol. The summed E-state index contributed by atoms with van der Waals surface area (Å²) >= 11 is 3.06. The van der Waals surface area contributed by atoms with Crippen LogP contribution in [-0.2, 0) is 0 Å². The first-order valence-electron chi connectivity index (χ1n) is 5.50. The van der Waals surface area contributed by atoms with Gasteiger partial charge in [0.2, 0.25) is 4.96 Å². The molecule has 4 aromatic heterocycles. The van der Waals surface area contributed by atoms with Crippen LogP contribution >= 0.6 is 22.7 Å². The predicted molar refractivity (Wildman–Crippen MR) is 72.2 cm³/mol. The summed E-state index contributed by atoms with van der Waals surface area (Å²) in [6.45, 7) is 1.85. The Kier molecular flexibility index (Phi) is 2.26. The van der Waals surface area contributed by atoms with E-state index in [0.717, 1.165) is 32.8 Å². The van der Waals surface area contributed by atoms with E-state index in [-0.39, 0.29) is 0 Å². The van der Waals surface area contributed by atoms with Gasteiger partial charge in [0.05, 0.1) is 0 Å². The highest BCUT2D eigenvalue weighted by molar-refractivity contribution is 7.19. The molecule has 0 aliphatic heterocycles. The first kappa shape index (κ1) is 10.8. The SMILES string of the molecule is Cc1cc(-c2nn3c(-c4ccsc4)nnc3s2)no1. The predicted octanol–water partition coefficient (Wildman–Crippen LogP) is 2.88. The minimum atomic E-state index is 0.726. The number of thiophene rings is 1. The fourth-order valence-electron chi connectivity index (χ4n) is 1.76. The topological polar surface area (TPSA) is 69.1 Å². The van der Waals surface area contributed by atoms with E-state index < -0.39 is 0 Å². The van der Waals surface area contributed by atoms with Crippen molar-refractivity contribution < 1.29 is 4.52 Å². The number of aryl methyl sites for hydroxylation is 1. The largest absolute Gasteiger partial charge is 0.361 e. The molecule has 0 spiro atoms. The highest BCUT2D eigenvalue weighted by atomic mass is 32.1. The van der Waals surface area contributed by atoms with Crippen molar-refractivity contribution in [2.45, 2.75) is 6.92 Å². The van der Waals surface area contributed by atoms with Gasteiger partial charge in [-0.1, -0.05) is 16.5 Å². The molecule has 0 aromatic carbocycles. The zero-order valence-corrected chi connectivity index (χ0v) is 11.4. The maximum Gasteiger partial charge on any atom is 0.235 e. The van der Waals surface area contributed by atoms with Crippen molar-refractivity contribution >= 4 is 27.6 Å². The van der Waals surface area contributed by atoms with Crippen molar-refractivity contribution in [1.29, 1.82) is 0 Å². The average molecular weight is 289 g/mol. The van der Waals surface area contributed by atoms with E-state index >= 15 is 0 Å². The molecule has 94 valence electrons. The second-order valence-corrected chi connectivity index (χ2v) is 5.70. The van der Waals surface area contributed by atoms with Crippen LogP contribution in [0.1, 0.15) is 5.76 Å². The van der Waals surface area contributed by atoms with Gasteiger partial charge in [0.25, 0.3) is 0 Å². The van der Waals surface area contributed by atoms with Gasteiger partial charge in [0, 0.05) is 17.0 Å². The number of fused-ring (bicyclic) bond motifs is 1. The second kappa shape index (κ2) is 3.97. The van der Waals surface area contributed by atoms with E-state index in [1.807, 2.05) is 29.8 Å². The lowest BCUT2D eigenvalue weighted by Gasteiger charge is -1.89. The van der Waals surface area contributed by atoms with Crippen molar-refractivity contribution in [3.63, 3.8) is 0 Å². The van der Waals surface area contributed by atoms with Gasteiger partial charge in [-0.3, -0.25) is 0 Å². The summed E-state index contributed by atoms with van der Waals surface area (Å²) in [7, 11) is 0. The van der Waals surface area contributed by atoms with E-state index in [1.54, 1.807) is 15.9 Å². The Morgan fingerprint density at radius 3 is 3.00 bits per heavy atom. The van der Waals surface area contributed by atoms with E-state index in [1.165, 1.54) is 11.3 Å². The maximum absolute atomic E-state index is 5.07. The lowest BCUT2D eigenvalue weighted by Crippen LogP contribution is -1.89. The average Bonchev–Trinajstić information content (AvgIpc) is 3.11. The molecule has 0 radical (unpaired) electrons. The molecule has 6 nitrogen and oxygen atoms in total. The fraction of sp³-hybridized carbons (Fsp3) is 0.0909. The van der Waals surface area contributed by atoms with Gasteiger partial charge in [-0.05, 0) is 18.4 Å². The van der Waals surface area contributed by atoms with Gasteiger partial charge < -0.3 is 4.52 Å². The highest BCUT2D eigenvalue weighted by Crippen LogP contribution is 2.28. The third-order valence-corrected chi connectivity index (χ3v) is 4.22. The summed E-state index contributed by atoms with van der Waals surface area (Å²) < 4.78 is 6.81. The van der Waals surface area contributed by atoms with Crippen LogP contribution in [0.4, 0.5) is 0 Å². The summed E-state index contributed by atoms with van der Waals surface area (Å²) in [6.07, 6.45) is 0. The number of nitrogens with zero attached hydrogens (tertiary/aromatic N) is 5. The molecule has 0 atom stereocenters. The van der Waals surface area contributed by atoms with Crippen molar-refractivity contribution in [2.24, 2.45) is 0 Å². The third kappa shape index (κ3) is 1.68. The Hall–Kier alpha value is -2.06. The second-order valence-electron chi connectivity index (χ2n) is 3.96. The highest BCUT2D eigenvalue weighted by Gasteiger charge is 2.16. The summed E-state index contributed by atoms with van der Waals surface area (Å²) in [4.78, 5) is 0.747. The van der Waals surface area contributed by atoms with E-state index in [0.29, 0.717) is 0 Å². The van der Waals surface area contributed by atoms with E-state index in [2.05, 4.69) is 20.5 Å². The van der Waals surface area contributed by atoms with Crippen LogP contribution in [-0.4, -0.2) is 25.0 Å². The molecule has 0 bridgehead atoms. The van der Waals surface area contributed by atoms with Gasteiger partial charge in [-0.25, -0.2) is 0 Å². The standard InChI is InChI=1S/C11H7N5OS2/c1-6-4-8(15-17-6)10-14-16-9(7-2-3-18-5-7)12-13-11(16)19-10/h2-5H,1H3. The van der Waals surface area contributed by atoms with E-state index in [9.17, 15) is 0 Å². The van der Waals surface area contributed by atoms with Crippen molar-refractivity contribution in [2.75, 3.05) is 0 Å². The lowest BCUT2D eigenvalue weighted by atomic mass is 10.3. The Bertz CT molecular complexity index is 842. The lowest BCUT2D eigenvalue weighted by molar-refractivity contribution is 0.399. The van der Waals surface area contributed by atoms with Gasteiger partial charge >= 0.3 is 0 Å². The zero-order valence-electron chi connectivity index (χ0n) is 9.77. The first-order valence-corrected chi connectivity index (χ1v) is 7.26. The van der Waals surface area contributed by atoms with Gasteiger partial charge in [-0.15, -0.1) is 10.2 Å². The normalized spacial score (nSPS) is 11.4. The molecule has 0 unspecified atom stereocenters. The van der Waals surface area contributed by atoms with Crippen LogP contribution < -0.4 is 0 Å². The molecule has 0 aliphatic rings. The smallest absolute Gasteiger partial charge is 0.235 e. The Morgan fingerprint density at radius 2 is 2.26 bits per heavy atom. The number of hydrogen-bond donors (Lipinski definition) is 0. The maximum atomic E-state index is 5.07. The molecule has 0 N–H and O–H groups in total. The number of aromatic nitrogens is 5. The number of hydrogen-bond acceptors (Lipinski definition) is 7. The minimum absolute atomic E-state index is 0.726. The molecular formula is C11H7N5OS2. The van der Waals surface area contributed by atoms with Crippen LogP contribution in [0.5, 0.6) is 0 Å². The molecule has 4 rings (SSSR count). The van der Waals surface area contributed by atoms with Crippen LogP contribution in [0.15, 0.2) is 27.4 Å². The Morgan fingerprint density at radius 1 is 1.32 bits per heavy atom. The molecule has 4 aromatic rings. The van der Waals surface area contributed by atoms with Crippen LogP contribution in [0.3, 0.4) is 0 Å². The molecule has 8 heteroatoms. The quantitative estimate of drug-likeness (QED) is 0.567. The molecular weight excluding hydrogens is 282 g/mol. The minimum Gasteiger partial charge on any atom is -0.361 e. The molecule has 19 heavy (non-hydrogen) atoms. The third-order valence-electron chi connectivity index (χ3n) is 2.62.